The lowest BCUT2D eigenvalue weighted by molar-refractivity contribution is 0.0933. The van der Waals surface area contributed by atoms with Gasteiger partial charge in [0.15, 0.2) is 0 Å². The maximum Gasteiger partial charge on any atom is 0.336 e. The number of H-pyrrole nitrogens is 1. The number of nitrogens with two attached hydrogens (primary N) is 1. The molecule has 0 saturated heterocycles. The molecule has 0 aliphatic carbocycles. The molecule has 0 bridgehead atoms. The number of rotatable bonds is 0. The van der Waals surface area contributed by atoms with Gasteiger partial charge in [-0.15, -0.1) is 0 Å². The lowest BCUT2D eigenvalue weighted by Gasteiger charge is -2.01. The fourth-order valence-corrected chi connectivity index (χ4v) is 0.838. The normalized spacial score (nSPS) is 9.75. The number of hydrogen-bond donors (Lipinski definition) is 2. The molecule has 0 atom stereocenters. The highest BCUT2D eigenvalue weighted by Crippen LogP contribution is 1.90. The molecule has 0 saturated carbocycles. The van der Waals surface area contributed by atoms with Crippen LogP contribution in [0.25, 0.3) is 0 Å². The largest absolute Gasteiger partial charge is 0.384 e. The van der Waals surface area contributed by atoms with E-state index in [1.54, 1.807) is 0 Å². The van der Waals surface area contributed by atoms with Crippen LogP contribution in [-0.4, -0.2) is 15.5 Å². The Labute approximate surface area is 66.6 Å². The van der Waals surface area contributed by atoms with E-state index in [4.69, 9.17) is 5.73 Å². The van der Waals surface area contributed by atoms with Gasteiger partial charge in [-0.2, -0.15) is 0 Å². The Kier molecular flexibility index (Phi) is 1.82. The van der Waals surface area contributed by atoms with Crippen LogP contribution in [0, 0.1) is 0 Å². The van der Waals surface area contributed by atoms with E-state index in [9.17, 15) is 14.4 Å². The topological polar surface area (TPSA) is 97.9 Å². The van der Waals surface area contributed by atoms with Gasteiger partial charge in [0.25, 0.3) is 5.56 Å². The average molecular weight is 169 g/mol. The number of nitrogens with one attached hydrogen (secondary N) is 1. The highest BCUT2D eigenvalue weighted by molar-refractivity contribution is 5.78. The van der Waals surface area contributed by atoms with Crippen molar-refractivity contribution in [2.75, 3.05) is 5.73 Å². The van der Waals surface area contributed by atoms with Crippen LogP contribution in [-0.2, 0) is 0 Å². The SMILES string of the molecule is CC(=O)n1c(N)cc(=O)[nH]c1=O. The second-order valence-electron chi connectivity index (χ2n) is 2.22. The minimum atomic E-state index is -0.812. The van der Waals surface area contributed by atoms with Gasteiger partial charge in [0.1, 0.15) is 5.82 Å². The number of nitrogens with zero attached hydrogens (tertiary/aromatic N) is 1. The van der Waals surface area contributed by atoms with Crippen LogP contribution >= 0.6 is 0 Å². The Morgan fingerprint density at radius 1 is 1.58 bits per heavy atom. The number of aromatic nitrogens is 2. The number of anilines is 1. The highest BCUT2D eigenvalue weighted by Gasteiger charge is 2.05. The van der Waals surface area contributed by atoms with E-state index in [1.165, 1.54) is 6.92 Å². The van der Waals surface area contributed by atoms with Gasteiger partial charge in [-0.3, -0.25) is 14.6 Å². The Hall–Kier alpha value is -1.85. The summed E-state index contributed by atoms with van der Waals surface area (Å²) in [6.45, 7) is 1.18. The average Bonchev–Trinajstić information content (AvgIpc) is 1.82. The summed E-state index contributed by atoms with van der Waals surface area (Å²) in [5, 5.41) is 0. The molecule has 0 aromatic carbocycles. The Morgan fingerprint density at radius 2 is 2.17 bits per heavy atom. The molecule has 0 radical (unpaired) electrons. The van der Waals surface area contributed by atoms with Crippen molar-refractivity contribution in [1.82, 2.24) is 9.55 Å². The molecule has 0 spiro atoms. The molecule has 1 heterocycles. The predicted octanol–water partition coefficient (Wildman–Crippen LogP) is -1.22. The van der Waals surface area contributed by atoms with Crippen LogP contribution < -0.4 is 17.0 Å². The van der Waals surface area contributed by atoms with E-state index in [1.807, 2.05) is 4.98 Å². The van der Waals surface area contributed by atoms with Crippen LogP contribution in [0.3, 0.4) is 0 Å². The lowest BCUT2D eigenvalue weighted by Crippen LogP contribution is -2.34. The molecule has 0 aliphatic heterocycles. The van der Waals surface area contributed by atoms with Crippen molar-refractivity contribution < 1.29 is 4.79 Å². The first-order valence-corrected chi connectivity index (χ1v) is 3.15. The van der Waals surface area contributed by atoms with Gasteiger partial charge in [0.05, 0.1) is 0 Å². The summed E-state index contributed by atoms with van der Waals surface area (Å²) >= 11 is 0. The first-order chi connectivity index (χ1) is 5.52. The maximum atomic E-state index is 10.9. The molecule has 64 valence electrons. The standard InChI is InChI=1S/C6H7N3O3/c1-3(10)9-4(7)2-5(11)8-6(9)12/h2H,7H2,1H3,(H,8,11,12). The Bertz CT molecular complexity index is 428. The molecule has 1 aromatic rings. The molecule has 12 heavy (non-hydrogen) atoms. The van der Waals surface area contributed by atoms with Gasteiger partial charge in [-0.25, -0.2) is 9.36 Å². The van der Waals surface area contributed by atoms with Crippen molar-refractivity contribution in [3.8, 4) is 0 Å². The molecule has 1 rings (SSSR count). The highest BCUT2D eigenvalue weighted by atomic mass is 16.2. The third kappa shape index (κ3) is 1.26. The molecule has 0 unspecified atom stereocenters. The zero-order chi connectivity index (χ0) is 9.30. The summed E-state index contributed by atoms with van der Waals surface area (Å²) in [6, 6.07) is 0.975. The minimum absolute atomic E-state index is 0.156. The summed E-state index contributed by atoms with van der Waals surface area (Å²) in [6.07, 6.45) is 0. The van der Waals surface area contributed by atoms with E-state index in [-0.39, 0.29) is 5.82 Å². The van der Waals surface area contributed by atoms with E-state index in [2.05, 4.69) is 0 Å². The van der Waals surface area contributed by atoms with E-state index < -0.39 is 17.2 Å². The third-order valence-electron chi connectivity index (χ3n) is 1.29. The van der Waals surface area contributed by atoms with Crippen molar-refractivity contribution in [3.63, 3.8) is 0 Å². The Morgan fingerprint density at radius 3 is 2.58 bits per heavy atom. The van der Waals surface area contributed by atoms with Crippen molar-refractivity contribution in [3.05, 3.63) is 26.9 Å². The van der Waals surface area contributed by atoms with Gasteiger partial charge < -0.3 is 5.73 Å². The monoisotopic (exact) mass is 169 g/mol. The van der Waals surface area contributed by atoms with Crippen molar-refractivity contribution in [1.29, 1.82) is 0 Å². The maximum absolute atomic E-state index is 10.9. The first kappa shape index (κ1) is 8.25. The summed E-state index contributed by atoms with van der Waals surface area (Å²) < 4.78 is 0.682. The second kappa shape index (κ2) is 2.65. The summed E-state index contributed by atoms with van der Waals surface area (Å²) in [5.41, 5.74) is 3.82. The summed E-state index contributed by atoms with van der Waals surface area (Å²) in [7, 11) is 0. The van der Waals surface area contributed by atoms with E-state index in [0.29, 0.717) is 4.57 Å². The third-order valence-corrected chi connectivity index (χ3v) is 1.29. The van der Waals surface area contributed by atoms with Crippen molar-refractivity contribution >= 4 is 11.7 Å². The molecule has 6 heteroatoms. The number of hydrogen-bond acceptors (Lipinski definition) is 4. The van der Waals surface area contributed by atoms with E-state index >= 15 is 0 Å². The number of carbonyl (C=O) groups excluding carboxylic acids is 1. The van der Waals surface area contributed by atoms with E-state index in [0.717, 1.165) is 6.07 Å². The predicted molar refractivity (Wildman–Crippen MR) is 42.0 cm³/mol. The van der Waals surface area contributed by atoms with Gasteiger partial charge >= 0.3 is 5.69 Å². The van der Waals surface area contributed by atoms with Crippen LogP contribution in [0.1, 0.15) is 11.7 Å². The van der Waals surface area contributed by atoms with Crippen LogP contribution in [0.15, 0.2) is 15.7 Å². The molecule has 1 aromatic heterocycles. The fraction of sp³-hybridized carbons (Fsp3) is 0.167. The molecule has 3 N–H and O–H groups in total. The Balaban J connectivity index is 3.60. The van der Waals surface area contributed by atoms with Gasteiger partial charge in [-0.05, 0) is 0 Å². The van der Waals surface area contributed by atoms with Crippen molar-refractivity contribution in [2.45, 2.75) is 6.92 Å². The van der Waals surface area contributed by atoms with Gasteiger partial charge in [-0.1, -0.05) is 0 Å². The van der Waals surface area contributed by atoms with Crippen molar-refractivity contribution in [2.24, 2.45) is 0 Å². The fourth-order valence-electron chi connectivity index (χ4n) is 0.838. The lowest BCUT2D eigenvalue weighted by atomic mass is 10.5. The zero-order valence-corrected chi connectivity index (χ0v) is 6.33. The molecule has 6 nitrogen and oxygen atoms in total. The second-order valence-corrected chi connectivity index (χ2v) is 2.22. The van der Waals surface area contributed by atoms with Crippen LogP contribution in [0.5, 0.6) is 0 Å². The quantitative estimate of drug-likeness (QED) is 0.508. The smallest absolute Gasteiger partial charge is 0.336 e. The molecular formula is C6H7N3O3. The van der Waals surface area contributed by atoms with Gasteiger partial charge in [0, 0.05) is 13.0 Å². The molecule has 0 aliphatic rings. The molecule has 0 fully saturated rings. The number of carbonyl (C=O) groups is 1. The van der Waals surface area contributed by atoms with Crippen LogP contribution in [0.4, 0.5) is 5.82 Å². The number of nitrogen functional groups attached to an aromatic ring is 1. The van der Waals surface area contributed by atoms with Gasteiger partial charge in [0.2, 0.25) is 5.91 Å². The summed E-state index contributed by atoms with van der Waals surface area (Å²) in [5.74, 6) is -0.690. The minimum Gasteiger partial charge on any atom is -0.384 e. The van der Waals surface area contributed by atoms with Crippen LogP contribution in [0.2, 0.25) is 0 Å². The first-order valence-electron chi connectivity index (χ1n) is 3.15. The zero-order valence-electron chi connectivity index (χ0n) is 6.33. The summed E-state index contributed by atoms with van der Waals surface area (Å²) in [4.78, 5) is 34.2. The molecular weight excluding hydrogens is 162 g/mol. The number of aromatic amines is 1. The molecule has 0 amide bonds.